The van der Waals surface area contributed by atoms with Crippen molar-refractivity contribution < 1.29 is 9.47 Å². The Morgan fingerprint density at radius 3 is 2.67 bits per heavy atom. The van der Waals surface area contributed by atoms with Gasteiger partial charge in [-0.15, -0.1) is 11.6 Å². The fourth-order valence-corrected chi connectivity index (χ4v) is 3.23. The molecular formula is C16H21ClN2O2. The number of aromatic nitrogens is 2. The molecule has 1 unspecified atom stereocenters. The molecule has 0 radical (unpaired) electrons. The maximum Gasteiger partial charge on any atom is 0.146 e. The molecule has 1 saturated carbocycles. The highest BCUT2D eigenvalue weighted by Crippen LogP contribution is 2.39. The molecule has 1 aliphatic carbocycles. The molecule has 1 heterocycles. The van der Waals surface area contributed by atoms with Crippen LogP contribution < -0.4 is 4.74 Å². The lowest BCUT2D eigenvalue weighted by atomic mass is 9.80. The fraction of sp³-hybridized carbons (Fsp3) is 0.562. The van der Waals surface area contributed by atoms with E-state index in [9.17, 15) is 0 Å². The highest BCUT2D eigenvalue weighted by atomic mass is 35.5. The Balaban J connectivity index is 2.12. The Labute approximate surface area is 130 Å². The number of hydrogen-bond donors (Lipinski definition) is 0. The SMILES string of the molecule is COc1cccc2c1nc(C(C)Cl)n2CC1(OC)CCC1. The third-order valence-corrected chi connectivity index (χ3v) is 4.69. The standard InChI is InChI=1S/C16H21ClN2O2/c1-11(17)15-18-14-12(6-4-7-13(14)20-2)19(15)10-16(21-3)8-5-9-16/h4,6-7,11H,5,8-10H2,1-3H3. The van der Waals surface area contributed by atoms with Gasteiger partial charge in [-0.2, -0.15) is 0 Å². The van der Waals surface area contributed by atoms with Gasteiger partial charge in [0.1, 0.15) is 17.1 Å². The van der Waals surface area contributed by atoms with Crippen LogP contribution in [-0.4, -0.2) is 29.4 Å². The number of alkyl halides is 1. The Bertz CT molecular complexity index is 641. The molecule has 0 bridgehead atoms. The first-order valence-corrected chi connectivity index (χ1v) is 7.76. The maximum atomic E-state index is 6.34. The van der Waals surface area contributed by atoms with Gasteiger partial charge < -0.3 is 14.0 Å². The Hall–Kier alpha value is -1.26. The average molecular weight is 309 g/mol. The summed E-state index contributed by atoms with van der Waals surface area (Å²) in [6.07, 6.45) is 3.39. The first kappa shape index (κ1) is 14.7. The summed E-state index contributed by atoms with van der Waals surface area (Å²) >= 11 is 6.34. The van der Waals surface area contributed by atoms with Gasteiger partial charge in [-0.25, -0.2) is 4.98 Å². The summed E-state index contributed by atoms with van der Waals surface area (Å²) in [5, 5.41) is -0.156. The zero-order chi connectivity index (χ0) is 15.0. The molecule has 1 atom stereocenters. The summed E-state index contributed by atoms with van der Waals surface area (Å²) in [7, 11) is 3.46. The average Bonchev–Trinajstić information content (AvgIpc) is 2.81. The number of hydrogen-bond acceptors (Lipinski definition) is 3. The predicted octanol–water partition coefficient (Wildman–Crippen LogP) is 3.91. The van der Waals surface area contributed by atoms with E-state index >= 15 is 0 Å². The van der Waals surface area contributed by atoms with E-state index in [-0.39, 0.29) is 11.0 Å². The van der Waals surface area contributed by atoms with Crippen molar-refractivity contribution in [2.75, 3.05) is 14.2 Å². The van der Waals surface area contributed by atoms with Crippen LogP contribution in [0.2, 0.25) is 0 Å². The zero-order valence-electron chi connectivity index (χ0n) is 12.7. The van der Waals surface area contributed by atoms with Crippen LogP contribution in [0.25, 0.3) is 11.0 Å². The monoisotopic (exact) mass is 308 g/mol. The van der Waals surface area contributed by atoms with Crippen LogP contribution in [0, 0.1) is 0 Å². The van der Waals surface area contributed by atoms with Gasteiger partial charge in [0.15, 0.2) is 0 Å². The predicted molar refractivity (Wildman–Crippen MR) is 84.1 cm³/mol. The second kappa shape index (κ2) is 5.50. The van der Waals surface area contributed by atoms with Gasteiger partial charge in [0, 0.05) is 7.11 Å². The number of imidazole rings is 1. The smallest absolute Gasteiger partial charge is 0.146 e. The summed E-state index contributed by atoms with van der Waals surface area (Å²) in [5.41, 5.74) is 1.85. The molecular weight excluding hydrogens is 288 g/mol. The lowest BCUT2D eigenvalue weighted by Gasteiger charge is -2.41. The largest absolute Gasteiger partial charge is 0.494 e. The van der Waals surface area contributed by atoms with Crippen molar-refractivity contribution in [3.05, 3.63) is 24.0 Å². The molecule has 0 aliphatic heterocycles. The molecule has 5 heteroatoms. The maximum absolute atomic E-state index is 6.34. The fourth-order valence-electron chi connectivity index (χ4n) is 3.06. The van der Waals surface area contributed by atoms with Crippen LogP contribution in [-0.2, 0) is 11.3 Å². The Morgan fingerprint density at radius 2 is 2.14 bits per heavy atom. The number of methoxy groups -OCH3 is 2. The van der Waals surface area contributed by atoms with E-state index in [0.717, 1.165) is 42.0 Å². The second-order valence-corrected chi connectivity index (χ2v) is 6.40. The van der Waals surface area contributed by atoms with E-state index in [1.807, 2.05) is 19.1 Å². The molecule has 114 valence electrons. The minimum atomic E-state index is -0.156. The van der Waals surface area contributed by atoms with E-state index in [1.54, 1.807) is 14.2 Å². The minimum absolute atomic E-state index is 0.0722. The first-order valence-electron chi connectivity index (χ1n) is 7.32. The summed E-state index contributed by atoms with van der Waals surface area (Å²) in [6.45, 7) is 2.74. The van der Waals surface area contributed by atoms with Crippen molar-refractivity contribution >= 4 is 22.6 Å². The summed E-state index contributed by atoms with van der Waals surface area (Å²) in [5.74, 6) is 1.66. The molecule has 3 rings (SSSR count). The number of benzene rings is 1. The molecule has 0 N–H and O–H groups in total. The normalized spacial score (nSPS) is 18.5. The van der Waals surface area contributed by atoms with Gasteiger partial charge in [-0.1, -0.05) is 6.07 Å². The summed E-state index contributed by atoms with van der Waals surface area (Å²) < 4.78 is 13.4. The lowest BCUT2D eigenvalue weighted by Crippen LogP contribution is -2.43. The van der Waals surface area contributed by atoms with E-state index in [1.165, 1.54) is 6.42 Å². The molecule has 1 aliphatic rings. The van der Waals surface area contributed by atoms with Crippen LogP contribution in [0.15, 0.2) is 18.2 Å². The van der Waals surface area contributed by atoms with Gasteiger partial charge in [0.2, 0.25) is 0 Å². The quantitative estimate of drug-likeness (QED) is 0.786. The topological polar surface area (TPSA) is 36.3 Å². The van der Waals surface area contributed by atoms with Gasteiger partial charge in [-0.3, -0.25) is 0 Å². The molecule has 1 aromatic carbocycles. The molecule has 1 aromatic heterocycles. The number of halogens is 1. The molecule has 0 saturated heterocycles. The zero-order valence-corrected chi connectivity index (χ0v) is 13.5. The second-order valence-electron chi connectivity index (χ2n) is 5.74. The third-order valence-electron chi connectivity index (χ3n) is 4.49. The summed E-state index contributed by atoms with van der Waals surface area (Å²) in [4.78, 5) is 4.71. The number of rotatable bonds is 5. The molecule has 21 heavy (non-hydrogen) atoms. The van der Waals surface area contributed by atoms with Crippen molar-refractivity contribution in [1.82, 2.24) is 9.55 Å². The van der Waals surface area contributed by atoms with Crippen molar-refractivity contribution in [2.45, 2.75) is 43.7 Å². The first-order chi connectivity index (χ1) is 10.1. The van der Waals surface area contributed by atoms with Crippen LogP contribution in [0.4, 0.5) is 0 Å². The molecule has 0 amide bonds. The van der Waals surface area contributed by atoms with E-state index in [2.05, 4.69) is 10.6 Å². The van der Waals surface area contributed by atoms with Gasteiger partial charge in [-0.05, 0) is 38.3 Å². The van der Waals surface area contributed by atoms with Gasteiger partial charge >= 0.3 is 0 Å². The number of fused-ring (bicyclic) bond motifs is 1. The van der Waals surface area contributed by atoms with Crippen molar-refractivity contribution in [3.63, 3.8) is 0 Å². The van der Waals surface area contributed by atoms with Crippen LogP contribution in [0.5, 0.6) is 5.75 Å². The van der Waals surface area contributed by atoms with Crippen molar-refractivity contribution in [3.8, 4) is 5.75 Å². The molecule has 1 fully saturated rings. The minimum Gasteiger partial charge on any atom is -0.494 e. The van der Waals surface area contributed by atoms with E-state index < -0.39 is 0 Å². The number of ether oxygens (including phenoxy) is 2. The highest BCUT2D eigenvalue weighted by molar-refractivity contribution is 6.20. The van der Waals surface area contributed by atoms with Crippen molar-refractivity contribution in [2.24, 2.45) is 0 Å². The lowest BCUT2D eigenvalue weighted by molar-refractivity contribution is -0.0832. The van der Waals surface area contributed by atoms with Gasteiger partial charge in [0.05, 0.1) is 30.1 Å². The van der Waals surface area contributed by atoms with E-state index in [4.69, 9.17) is 26.1 Å². The highest BCUT2D eigenvalue weighted by Gasteiger charge is 2.38. The van der Waals surface area contributed by atoms with Crippen LogP contribution in [0.3, 0.4) is 0 Å². The van der Waals surface area contributed by atoms with Crippen LogP contribution in [0.1, 0.15) is 37.4 Å². The Morgan fingerprint density at radius 1 is 1.38 bits per heavy atom. The molecule has 4 nitrogen and oxygen atoms in total. The van der Waals surface area contributed by atoms with Crippen LogP contribution >= 0.6 is 11.6 Å². The van der Waals surface area contributed by atoms with Gasteiger partial charge in [0.25, 0.3) is 0 Å². The molecule has 0 spiro atoms. The Kier molecular flexibility index (Phi) is 3.84. The number of nitrogens with zero attached hydrogens (tertiary/aromatic N) is 2. The van der Waals surface area contributed by atoms with E-state index in [0.29, 0.717) is 0 Å². The number of para-hydroxylation sites is 1. The molecule has 2 aromatic rings. The summed E-state index contributed by atoms with van der Waals surface area (Å²) in [6, 6.07) is 5.98. The third kappa shape index (κ3) is 2.40. The van der Waals surface area contributed by atoms with Crippen molar-refractivity contribution in [1.29, 1.82) is 0 Å².